The molecule has 0 N–H and O–H groups in total. The van der Waals surface area contributed by atoms with Crippen LogP contribution in [0.5, 0.6) is 11.5 Å². The first-order valence-electron chi connectivity index (χ1n) is 5.87. The fourth-order valence-corrected chi connectivity index (χ4v) is 2.44. The zero-order valence-electron chi connectivity index (χ0n) is 11.0. The van der Waals surface area contributed by atoms with Gasteiger partial charge in [0, 0.05) is 11.6 Å². The second-order valence-electron chi connectivity index (χ2n) is 4.14. The van der Waals surface area contributed by atoms with Crippen LogP contribution in [0, 0.1) is 5.82 Å². The van der Waals surface area contributed by atoms with Crippen LogP contribution in [0.3, 0.4) is 0 Å². The predicted octanol–water partition coefficient (Wildman–Crippen LogP) is 4.82. The number of methoxy groups -OCH3 is 2. The van der Waals surface area contributed by atoms with Gasteiger partial charge < -0.3 is 9.47 Å². The van der Waals surface area contributed by atoms with Crippen molar-refractivity contribution in [3.05, 3.63) is 58.4 Å². The fraction of sp³-hybridized carbons (Fsp3) is 0.200. The molecule has 0 aliphatic rings. The highest BCUT2D eigenvalue weighted by Crippen LogP contribution is 2.35. The van der Waals surface area contributed by atoms with Crippen LogP contribution in [-0.4, -0.2) is 14.2 Å². The summed E-state index contributed by atoms with van der Waals surface area (Å²) < 4.78 is 24.0. The molecule has 1 unspecified atom stereocenters. The molecule has 0 saturated heterocycles. The zero-order valence-corrected chi connectivity index (χ0v) is 12.5. The van der Waals surface area contributed by atoms with Gasteiger partial charge >= 0.3 is 0 Å². The molecule has 5 heteroatoms. The molecule has 0 radical (unpaired) electrons. The van der Waals surface area contributed by atoms with Crippen LogP contribution in [0.1, 0.15) is 16.5 Å². The van der Waals surface area contributed by atoms with E-state index < -0.39 is 11.2 Å². The lowest BCUT2D eigenvalue weighted by molar-refractivity contribution is 0.410. The van der Waals surface area contributed by atoms with Crippen molar-refractivity contribution in [1.29, 1.82) is 0 Å². The Balaban J connectivity index is 2.35. The standard InChI is InChI=1S/C15H13Cl2FO2/c1-19-10-4-5-11(13(18)8-10)15(17)9-3-6-14(20-2)12(16)7-9/h3-8,15H,1-2H3. The number of alkyl halides is 1. The first kappa shape index (κ1) is 14.9. The number of rotatable bonds is 4. The van der Waals surface area contributed by atoms with Crippen LogP contribution < -0.4 is 9.47 Å². The summed E-state index contributed by atoms with van der Waals surface area (Å²) in [7, 11) is 3.01. The molecule has 0 spiro atoms. The lowest BCUT2D eigenvalue weighted by Gasteiger charge is -2.13. The maximum Gasteiger partial charge on any atom is 0.137 e. The Morgan fingerprint density at radius 3 is 2.35 bits per heavy atom. The largest absolute Gasteiger partial charge is 0.497 e. The number of hydrogen-bond donors (Lipinski definition) is 0. The third-order valence-electron chi connectivity index (χ3n) is 2.95. The zero-order chi connectivity index (χ0) is 14.7. The molecule has 0 amide bonds. The van der Waals surface area contributed by atoms with Crippen LogP contribution in [0.2, 0.25) is 5.02 Å². The molecule has 2 aromatic rings. The highest BCUT2D eigenvalue weighted by molar-refractivity contribution is 6.32. The van der Waals surface area contributed by atoms with Crippen LogP contribution in [0.4, 0.5) is 4.39 Å². The molecule has 2 aromatic carbocycles. The molecule has 1 atom stereocenters. The molecular weight excluding hydrogens is 302 g/mol. The number of halogens is 3. The number of hydrogen-bond acceptors (Lipinski definition) is 2. The van der Waals surface area contributed by atoms with E-state index in [2.05, 4.69) is 0 Å². The molecule has 0 bridgehead atoms. The van der Waals surface area contributed by atoms with Gasteiger partial charge in [0.05, 0.1) is 24.6 Å². The van der Waals surface area contributed by atoms with E-state index in [1.807, 2.05) is 0 Å². The van der Waals surface area contributed by atoms with E-state index in [1.165, 1.54) is 20.3 Å². The summed E-state index contributed by atoms with van der Waals surface area (Å²) in [6, 6.07) is 9.70. The first-order chi connectivity index (χ1) is 9.56. The summed E-state index contributed by atoms with van der Waals surface area (Å²) in [5, 5.41) is -0.200. The van der Waals surface area contributed by atoms with Crippen molar-refractivity contribution in [2.24, 2.45) is 0 Å². The van der Waals surface area contributed by atoms with E-state index in [4.69, 9.17) is 32.7 Å². The molecule has 106 valence electrons. The van der Waals surface area contributed by atoms with Gasteiger partial charge in [-0.3, -0.25) is 0 Å². The Morgan fingerprint density at radius 1 is 1.05 bits per heavy atom. The van der Waals surface area contributed by atoms with E-state index in [0.717, 1.165) is 0 Å². The minimum Gasteiger partial charge on any atom is -0.497 e. The Bertz CT molecular complexity index is 617. The smallest absolute Gasteiger partial charge is 0.137 e. The van der Waals surface area contributed by atoms with Crippen molar-refractivity contribution in [2.45, 2.75) is 5.38 Å². The summed E-state index contributed by atoms with van der Waals surface area (Å²) in [5.74, 6) is 0.577. The number of ether oxygens (including phenoxy) is 2. The van der Waals surface area contributed by atoms with Gasteiger partial charge in [0.2, 0.25) is 0 Å². The molecule has 20 heavy (non-hydrogen) atoms. The predicted molar refractivity (Wildman–Crippen MR) is 78.7 cm³/mol. The Hall–Kier alpha value is -1.45. The summed E-state index contributed by atoms with van der Waals surface area (Å²) in [4.78, 5) is 0. The molecule has 0 fully saturated rings. The highest BCUT2D eigenvalue weighted by Gasteiger charge is 2.17. The van der Waals surface area contributed by atoms with Gasteiger partial charge in [-0.05, 0) is 23.8 Å². The molecule has 0 saturated carbocycles. The SMILES string of the molecule is COc1ccc(C(Cl)c2ccc(OC)c(Cl)c2)c(F)c1. The monoisotopic (exact) mass is 314 g/mol. The maximum atomic E-state index is 14.0. The quantitative estimate of drug-likeness (QED) is 0.753. The average Bonchev–Trinajstić information content (AvgIpc) is 2.46. The molecule has 0 aliphatic heterocycles. The highest BCUT2D eigenvalue weighted by atomic mass is 35.5. The van der Waals surface area contributed by atoms with Gasteiger partial charge in [0.15, 0.2) is 0 Å². The van der Waals surface area contributed by atoms with Gasteiger partial charge in [0.1, 0.15) is 17.3 Å². The van der Waals surface area contributed by atoms with Crippen LogP contribution in [0.15, 0.2) is 36.4 Å². The minimum atomic E-state index is -0.635. The lowest BCUT2D eigenvalue weighted by Crippen LogP contribution is -1.98. The average molecular weight is 315 g/mol. The second kappa shape index (κ2) is 6.33. The molecule has 2 nitrogen and oxygen atoms in total. The summed E-state index contributed by atoms with van der Waals surface area (Å²) >= 11 is 12.4. The van der Waals surface area contributed by atoms with Crippen LogP contribution in [0.25, 0.3) is 0 Å². The fourth-order valence-electron chi connectivity index (χ4n) is 1.86. The van der Waals surface area contributed by atoms with Crippen molar-refractivity contribution >= 4 is 23.2 Å². The minimum absolute atomic E-state index is 0.369. The van der Waals surface area contributed by atoms with Gasteiger partial charge in [-0.1, -0.05) is 23.7 Å². The molecule has 2 rings (SSSR count). The maximum absolute atomic E-state index is 14.0. The topological polar surface area (TPSA) is 18.5 Å². The number of benzene rings is 2. The van der Waals surface area contributed by atoms with Gasteiger partial charge in [0.25, 0.3) is 0 Å². The van der Waals surface area contributed by atoms with Crippen molar-refractivity contribution < 1.29 is 13.9 Å². The Labute approximate surface area is 127 Å². The third-order valence-corrected chi connectivity index (χ3v) is 3.73. The van der Waals surface area contributed by atoms with Gasteiger partial charge in [-0.2, -0.15) is 0 Å². The van der Waals surface area contributed by atoms with Gasteiger partial charge in [-0.25, -0.2) is 4.39 Å². The van der Waals surface area contributed by atoms with Crippen LogP contribution >= 0.6 is 23.2 Å². The van der Waals surface area contributed by atoms with E-state index in [0.29, 0.717) is 27.6 Å². The van der Waals surface area contributed by atoms with Gasteiger partial charge in [-0.15, -0.1) is 11.6 Å². The summed E-state index contributed by atoms with van der Waals surface area (Å²) in [5.41, 5.74) is 1.07. The normalized spacial score (nSPS) is 12.1. The van der Waals surface area contributed by atoms with Crippen molar-refractivity contribution in [3.8, 4) is 11.5 Å². The third kappa shape index (κ3) is 3.00. The second-order valence-corrected chi connectivity index (χ2v) is 4.99. The van der Waals surface area contributed by atoms with E-state index in [1.54, 1.807) is 30.3 Å². The Kier molecular flexibility index (Phi) is 4.73. The van der Waals surface area contributed by atoms with E-state index in [9.17, 15) is 4.39 Å². The Morgan fingerprint density at radius 2 is 1.80 bits per heavy atom. The summed E-state index contributed by atoms with van der Waals surface area (Å²) in [6.45, 7) is 0. The van der Waals surface area contributed by atoms with Crippen molar-refractivity contribution in [2.75, 3.05) is 14.2 Å². The van der Waals surface area contributed by atoms with Crippen molar-refractivity contribution in [3.63, 3.8) is 0 Å². The molecule has 0 heterocycles. The van der Waals surface area contributed by atoms with Crippen molar-refractivity contribution in [1.82, 2.24) is 0 Å². The summed E-state index contributed by atoms with van der Waals surface area (Å²) in [6.07, 6.45) is 0. The lowest BCUT2D eigenvalue weighted by atomic mass is 10.0. The van der Waals surface area contributed by atoms with E-state index >= 15 is 0 Å². The van der Waals surface area contributed by atoms with E-state index in [-0.39, 0.29) is 0 Å². The molecular formula is C15H13Cl2FO2. The molecule has 0 aliphatic carbocycles. The molecule has 0 aromatic heterocycles. The first-order valence-corrected chi connectivity index (χ1v) is 6.69. The van der Waals surface area contributed by atoms with Crippen LogP contribution in [-0.2, 0) is 0 Å².